The second kappa shape index (κ2) is 7.45. The van der Waals surface area contributed by atoms with Crippen LogP contribution in [0, 0.1) is 5.82 Å². The van der Waals surface area contributed by atoms with Gasteiger partial charge >= 0.3 is 0 Å². The molecule has 2 nitrogen and oxygen atoms in total. The fraction of sp³-hybridized carbons (Fsp3) is 0.684. The lowest BCUT2D eigenvalue weighted by atomic mass is 9.94. The fourth-order valence-corrected chi connectivity index (χ4v) is 4.00. The third-order valence-corrected chi connectivity index (χ3v) is 5.46. The molecule has 2 aliphatic carbocycles. The zero-order valence-corrected chi connectivity index (χ0v) is 13.8. The Labute approximate surface area is 134 Å². The molecule has 0 bridgehead atoms. The molecule has 0 atom stereocenters. The summed E-state index contributed by atoms with van der Waals surface area (Å²) in [4.78, 5) is 2.17. The smallest absolute Gasteiger partial charge is 0.146 e. The fourth-order valence-electron chi connectivity index (χ4n) is 4.00. The van der Waals surface area contributed by atoms with Gasteiger partial charge in [0.2, 0.25) is 0 Å². The van der Waals surface area contributed by atoms with E-state index in [-0.39, 0.29) is 5.82 Å². The first kappa shape index (κ1) is 15.8. The van der Waals surface area contributed by atoms with Crippen molar-refractivity contribution in [3.63, 3.8) is 0 Å². The number of nitrogens with zero attached hydrogens (tertiary/aromatic N) is 1. The maximum absolute atomic E-state index is 14.3. The van der Waals surface area contributed by atoms with E-state index < -0.39 is 0 Å². The Morgan fingerprint density at radius 2 is 1.73 bits per heavy atom. The quantitative estimate of drug-likeness (QED) is 0.853. The predicted molar refractivity (Wildman–Crippen MR) is 90.8 cm³/mol. The van der Waals surface area contributed by atoms with Crippen molar-refractivity contribution < 1.29 is 4.39 Å². The van der Waals surface area contributed by atoms with E-state index in [2.05, 4.69) is 17.3 Å². The zero-order chi connectivity index (χ0) is 15.4. The highest BCUT2D eigenvalue weighted by Gasteiger charge is 2.21. The van der Waals surface area contributed by atoms with Gasteiger partial charge in [0.1, 0.15) is 5.82 Å². The van der Waals surface area contributed by atoms with Crippen molar-refractivity contribution in [2.75, 3.05) is 11.9 Å². The third-order valence-electron chi connectivity index (χ3n) is 5.46. The molecule has 0 saturated heterocycles. The number of nitrogens with one attached hydrogen (secondary N) is 1. The molecule has 2 saturated carbocycles. The summed E-state index contributed by atoms with van der Waals surface area (Å²) in [7, 11) is 2.06. The van der Waals surface area contributed by atoms with Crippen molar-refractivity contribution in [1.29, 1.82) is 0 Å². The Balaban J connectivity index is 1.65. The van der Waals surface area contributed by atoms with E-state index in [0.717, 1.165) is 12.2 Å². The summed E-state index contributed by atoms with van der Waals surface area (Å²) in [5.74, 6) is -0.0855. The number of rotatable bonds is 5. The van der Waals surface area contributed by atoms with Gasteiger partial charge in [-0.25, -0.2) is 4.39 Å². The minimum atomic E-state index is -0.0855. The van der Waals surface area contributed by atoms with E-state index in [1.165, 1.54) is 63.4 Å². The highest BCUT2D eigenvalue weighted by Crippen LogP contribution is 2.28. The van der Waals surface area contributed by atoms with Crippen molar-refractivity contribution in [2.24, 2.45) is 0 Å². The average molecular weight is 304 g/mol. The van der Waals surface area contributed by atoms with E-state index >= 15 is 0 Å². The molecule has 0 aliphatic heterocycles. The van der Waals surface area contributed by atoms with E-state index in [4.69, 9.17) is 0 Å². The maximum atomic E-state index is 14.3. The first-order valence-corrected chi connectivity index (χ1v) is 8.98. The van der Waals surface area contributed by atoms with Crippen LogP contribution in [0.4, 0.5) is 10.1 Å². The molecule has 3 heteroatoms. The minimum absolute atomic E-state index is 0.0855. The zero-order valence-electron chi connectivity index (χ0n) is 13.8. The van der Waals surface area contributed by atoms with Crippen molar-refractivity contribution in [3.8, 4) is 0 Å². The standard InChI is InChI=1S/C19H29FN2/c1-22(17-9-3-2-4-10-17)19-13-15(11-12-18(19)20)14-21-16-7-5-6-8-16/h11-13,16-17,21H,2-10,14H2,1H3. The molecule has 1 aromatic carbocycles. The van der Waals surface area contributed by atoms with Crippen molar-refractivity contribution in [1.82, 2.24) is 5.32 Å². The average Bonchev–Trinajstić information content (AvgIpc) is 3.08. The third kappa shape index (κ3) is 3.81. The first-order chi connectivity index (χ1) is 10.7. The first-order valence-electron chi connectivity index (χ1n) is 8.98. The summed E-state index contributed by atoms with van der Waals surface area (Å²) in [5, 5.41) is 3.62. The molecule has 0 aromatic heterocycles. The van der Waals surface area contributed by atoms with E-state index in [0.29, 0.717) is 12.1 Å². The summed E-state index contributed by atoms with van der Waals surface area (Å²) in [6, 6.07) is 6.77. The molecule has 0 spiro atoms. The number of benzene rings is 1. The van der Waals surface area contributed by atoms with Crippen LogP contribution in [0.3, 0.4) is 0 Å². The topological polar surface area (TPSA) is 15.3 Å². The number of anilines is 1. The van der Waals surface area contributed by atoms with E-state index in [1.807, 2.05) is 12.1 Å². The Morgan fingerprint density at radius 1 is 1.05 bits per heavy atom. The van der Waals surface area contributed by atoms with Gasteiger partial charge < -0.3 is 10.2 Å². The van der Waals surface area contributed by atoms with Crippen LogP contribution in [-0.2, 0) is 6.54 Å². The largest absolute Gasteiger partial charge is 0.369 e. The van der Waals surface area contributed by atoms with Crippen LogP contribution >= 0.6 is 0 Å². The second-order valence-electron chi connectivity index (χ2n) is 7.05. The van der Waals surface area contributed by atoms with Gasteiger partial charge in [-0.1, -0.05) is 38.2 Å². The van der Waals surface area contributed by atoms with Crippen LogP contribution in [0.25, 0.3) is 0 Å². The van der Waals surface area contributed by atoms with Crippen LogP contribution < -0.4 is 10.2 Å². The normalized spacial score (nSPS) is 20.5. The molecule has 1 N–H and O–H groups in total. The van der Waals surface area contributed by atoms with Crippen LogP contribution in [-0.4, -0.2) is 19.1 Å². The van der Waals surface area contributed by atoms with Crippen molar-refractivity contribution in [2.45, 2.75) is 76.4 Å². The summed E-state index contributed by atoms with van der Waals surface area (Å²) < 4.78 is 14.3. The van der Waals surface area contributed by atoms with Gasteiger partial charge in [0.15, 0.2) is 0 Å². The number of hydrogen-bond acceptors (Lipinski definition) is 2. The van der Waals surface area contributed by atoms with E-state index in [1.54, 1.807) is 6.07 Å². The van der Waals surface area contributed by atoms with Gasteiger partial charge in [-0.05, 0) is 43.4 Å². The predicted octanol–water partition coefficient (Wildman–Crippen LogP) is 4.63. The summed E-state index contributed by atoms with van der Waals surface area (Å²) in [5.41, 5.74) is 1.98. The van der Waals surface area contributed by atoms with Crippen molar-refractivity contribution >= 4 is 5.69 Å². The van der Waals surface area contributed by atoms with Gasteiger partial charge in [-0.2, -0.15) is 0 Å². The summed E-state index contributed by atoms with van der Waals surface area (Å²) >= 11 is 0. The Bertz CT molecular complexity index is 476. The van der Waals surface area contributed by atoms with Crippen LogP contribution in [0.2, 0.25) is 0 Å². The minimum Gasteiger partial charge on any atom is -0.369 e. The summed E-state index contributed by atoms with van der Waals surface area (Å²) in [6.45, 7) is 0.858. The highest BCUT2D eigenvalue weighted by molar-refractivity contribution is 5.50. The van der Waals surface area contributed by atoms with Crippen molar-refractivity contribution in [3.05, 3.63) is 29.6 Å². The Morgan fingerprint density at radius 3 is 2.45 bits per heavy atom. The molecule has 0 heterocycles. The molecule has 22 heavy (non-hydrogen) atoms. The molecule has 0 amide bonds. The van der Waals surface area contributed by atoms with Gasteiger partial charge in [0.25, 0.3) is 0 Å². The monoisotopic (exact) mass is 304 g/mol. The molecule has 122 valence electrons. The van der Waals surface area contributed by atoms with Gasteiger partial charge in [-0.3, -0.25) is 0 Å². The van der Waals surface area contributed by atoms with Gasteiger partial charge in [0, 0.05) is 25.7 Å². The van der Waals surface area contributed by atoms with Crippen LogP contribution in [0.15, 0.2) is 18.2 Å². The Kier molecular flexibility index (Phi) is 5.35. The molecule has 0 unspecified atom stereocenters. The van der Waals surface area contributed by atoms with Crippen LogP contribution in [0.1, 0.15) is 63.4 Å². The second-order valence-corrected chi connectivity index (χ2v) is 7.05. The summed E-state index contributed by atoms with van der Waals surface area (Å²) in [6.07, 6.45) is 11.5. The maximum Gasteiger partial charge on any atom is 0.146 e. The van der Waals surface area contributed by atoms with Gasteiger partial charge in [-0.15, -0.1) is 0 Å². The molecule has 0 radical (unpaired) electrons. The van der Waals surface area contributed by atoms with Gasteiger partial charge in [0.05, 0.1) is 5.69 Å². The number of hydrogen-bond donors (Lipinski definition) is 1. The molecule has 2 aliphatic rings. The lowest BCUT2D eigenvalue weighted by molar-refractivity contribution is 0.424. The van der Waals surface area contributed by atoms with E-state index in [9.17, 15) is 4.39 Å². The SMILES string of the molecule is CN(c1cc(CNC2CCCC2)ccc1F)C1CCCCC1. The lowest BCUT2D eigenvalue weighted by Gasteiger charge is -2.33. The molecular weight excluding hydrogens is 275 g/mol. The van der Waals surface area contributed by atoms with Crippen LogP contribution in [0.5, 0.6) is 0 Å². The molecule has 1 aromatic rings. The highest BCUT2D eigenvalue weighted by atomic mass is 19.1. The molecule has 3 rings (SSSR count). The lowest BCUT2D eigenvalue weighted by Crippen LogP contribution is -2.34. The molecular formula is C19H29FN2. The number of halogens is 1. The Hall–Kier alpha value is -1.09. The molecule has 2 fully saturated rings.